The van der Waals surface area contributed by atoms with Gasteiger partial charge in [-0.05, 0) is 32.0 Å². The van der Waals surface area contributed by atoms with E-state index in [-0.39, 0.29) is 11.2 Å². The third-order valence-electron chi connectivity index (χ3n) is 4.49. The number of carbonyl (C=O) groups is 3. The summed E-state index contributed by atoms with van der Waals surface area (Å²) in [5.74, 6) is -1.01. The van der Waals surface area contributed by atoms with Gasteiger partial charge in [0, 0.05) is 16.0 Å². The number of nitrogens with one attached hydrogen (secondary N) is 3. The standard InChI is InChI=1S/C21H18N4O3S2/c1-11-17(30-21(22-11)13-6-4-3-5-7-13)20(28)25-24-19(27)14-8-9-16-15(10-14)23-18(26)12(2)29-16/h3-10,12H,1-2H3,(H,23,26)(H,24,27)(H,25,28)/t12-/m1/s1. The van der Waals surface area contributed by atoms with Crippen LogP contribution in [0.5, 0.6) is 0 Å². The number of benzene rings is 2. The molecule has 152 valence electrons. The second-order valence-corrected chi connectivity index (χ2v) is 9.05. The highest BCUT2D eigenvalue weighted by Crippen LogP contribution is 2.35. The Morgan fingerprint density at radius 2 is 1.80 bits per heavy atom. The third-order valence-corrected chi connectivity index (χ3v) is 6.87. The van der Waals surface area contributed by atoms with E-state index in [9.17, 15) is 14.4 Å². The van der Waals surface area contributed by atoms with Crippen LogP contribution in [0.3, 0.4) is 0 Å². The van der Waals surface area contributed by atoms with Gasteiger partial charge in [-0.25, -0.2) is 4.98 Å². The second kappa shape index (κ2) is 8.29. The van der Waals surface area contributed by atoms with E-state index in [0.29, 0.717) is 21.8 Å². The summed E-state index contributed by atoms with van der Waals surface area (Å²) in [7, 11) is 0. The summed E-state index contributed by atoms with van der Waals surface area (Å²) in [4.78, 5) is 42.6. The van der Waals surface area contributed by atoms with Crippen molar-refractivity contribution in [1.82, 2.24) is 15.8 Å². The van der Waals surface area contributed by atoms with Crippen molar-refractivity contribution in [2.24, 2.45) is 0 Å². The number of carbonyl (C=O) groups excluding carboxylic acids is 3. The van der Waals surface area contributed by atoms with Gasteiger partial charge in [-0.3, -0.25) is 25.2 Å². The Kier molecular flexibility index (Phi) is 5.56. The third kappa shape index (κ3) is 4.07. The number of hydrazine groups is 1. The van der Waals surface area contributed by atoms with Crippen LogP contribution in [0.1, 0.15) is 32.6 Å². The lowest BCUT2D eigenvalue weighted by molar-refractivity contribution is -0.115. The van der Waals surface area contributed by atoms with Crippen LogP contribution in [-0.2, 0) is 4.79 Å². The molecule has 0 radical (unpaired) electrons. The highest BCUT2D eigenvalue weighted by atomic mass is 32.2. The number of hydrogen-bond donors (Lipinski definition) is 3. The summed E-state index contributed by atoms with van der Waals surface area (Å²) in [5, 5.41) is 3.34. The van der Waals surface area contributed by atoms with Crippen LogP contribution in [0.15, 0.2) is 53.4 Å². The maximum Gasteiger partial charge on any atom is 0.281 e. The van der Waals surface area contributed by atoms with Crippen LogP contribution in [0.4, 0.5) is 5.69 Å². The Balaban J connectivity index is 1.43. The number of thioether (sulfide) groups is 1. The Morgan fingerprint density at radius 1 is 1.07 bits per heavy atom. The Morgan fingerprint density at radius 3 is 2.57 bits per heavy atom. The van der Waals surface area contributed by atoms with Gasteiger partial charge in [0.05, 0.1) is 16.6 Å². The van der Waals surface area contributed by atoms with E-state index in [2.05, 4.69) is 21.2 Å². The maximum absolute atomic E-state index is 12.5. The summed E-state index contributed by atoms with van der Waals surface area (Å²) < 4.78 is 0. The zero-order valence-corrected chi connectivity index (χ0v) is 17.8. The second-order valence-electron chi connectivity index (χ2n) is 6.67. The van der Waals surface area contributed by atoms with Gasteiger partial charge in [-0.1, -0.05) is 30.3 Å². The summed E-state index contributed by atoms with van der Waals surface area (Å²) in [6.07, 6.45) is 0. The first kappa shape index (κ1) is 20.1. The zero-order valence-electron chi connectivity index (χ0n) is 16.2. The number of aryl methyl sites for hydroxylation is 1. The van der Waals surface area contributed by atoms with Crippen molar-refractivity contribution in [2.75, 3.05) is 5.32 Å². The minimum atomic E-state index is -0.477. The molecular weight excluding hydrogens is 420 g/mol. The highest BCUT2D eigenvalue weighted by Gasteiger charge is 2.24. The van der Waals surface area contributed by atoms with Crippen LogP contribution in [0, 0.1) is 6.92 Å². The Bertz CT molecular complexity index is 1140. The first-order valence-corrected chi connectivity index (χ1v) is 10.9. The van der Waals surface area contributed by atoms with E-state index in [1.165, 1.54) is 23.1 Å². The van der Waals surface area contributed by atoms with Gasteiger partial charge in [-0.2, -0.15) is 0 Å². The summed E-state index contributed by atoms with van der Waals surface area (Å²) >= 11 is 2.70. The molecule has 0 saturated heterocycles. The molecule has 2 aromatic carbocycles. The van der Waals surface area contributed by atoms with Crippen molar-refractivity contribution < 1.29 is 14.4 Å². The first-order chi connectivity index (χ1) is 14.4. The van der Waals surface area contributed by atoms with Gasteiger partial charge in [0.15, 0.2) is 0 Å². The van der Waals surface area contributed by atoms with E-state index >= 15 is 0 Å². The molecule has 1 aliphatic heterocycles. The van der Waals surface area contributed by atoms with E-state index < -0.39 is 11.8 Å². The van der Waals surface area contributed by atoms with Gasteiger partial charge in [-0.15, -0.1) is 23.1 Å². The average Bonchev–Trinajstić information content (AvgIpc) is 3.14. The Labute approximate surface area is 181 Å². The molecule has 1 aromatic heterocycles. The van der Waals surface area contributed by atoms with E-state index in [1.54, 1.807) is 25.1 Å². The molecule has 3 amide bonds. The fraction of sp³-hybridized carbons (Fsp3) is 0.143. The van der Waals surface area contributed by atoms with Crippen LogP contribution in [-0.4, -0.2) is 28.0 Å². The fourth-order valence-corrected chi connectivity index (χ4v) is 4.80. The van der Waals surface area contributed by atoms with Crippen molar-refractivity contribution >= 4 is 46.5 Å². The molecule has 2 heterocycles. The molecule has 4 rings (SSSR count). The molecule has 0 spiro atoms. The number of aromatic nitrogens is 1. The van der Waals surface area contributed by atoms with Gasteiger partial charge in [0.25, 0.3) is 11.8 Å². The largest absolute Gasteiger partial charge is 0.324 e. The molecule has 0 bridgehead atoms. The van der Waals surface area contributed by atoms with Crippen molar-refractivity contribution in [3.63, 3.8) is 0 Å². The van der Waals surface area contributed by atoms with Crippen molar-refractivity contribution in [2.45, 2.75) is 24.0 Å². The molecule has 0 aliphatic carbocycles. The minimum absolute atomic E-state index is 0.103. The molecule has 1 aliphatic rings. The lowest BCUT2D eigenvalue weighted by Gasteiger charge is -2.21. The number of amides is 3. The first-order valence-electron chi connectivity index (χ1n) is 9.17. The van der Waals surface area contributed by atoms with Crippen LogP contribution < -0.4 is 16.2 Å². The SMILES string of the molecule is Cc1nc(-c2ccccc2)sc1C(=O)NNC(=O)c1ccc2c(c1)NC(=O)[C@@H](C)S2. The molecule has 0 saturated carbocycles. The smallest absolute Gasteiger partial charge is 0.281 e. The molecule has 0 unspecified atom stereocenters. The number of thiazole rings is 1. The quantitative estimate of drug-likeness (QED) is 0.542. The van der Waals surface area contributed by atoms with Crippen LogP contribution >= 0.6 is 23.1 Å². The summed E-state index contributed by atoms with van der Waals surface area (Å²) in [6.45, 7) is 3.58. The van der Waals surface area contributed by atoms with Gasteiger partial charge < -0.3 is 5.32 Å². The molecule has 30 heavy (non-hydrogen) atoms. The van der Waals surface area contributed by atoms with Gasteiger partial charge in [0.2, 0.25) is 5.91 Å². The average molecular weight is 439 g/mol. The number of hydrogen-bond acceptors (Lipinski definition) is 6. The molecule has 1 atom stereocenters. The van der Waals surface area contributed by atoms with E-state index in [0.717, 1.165) is 15.5 Å². The highest BCUT2D eigenvalue weighted by molar-refractivity contribution is 8.00. The molecule has 3 N–H and O–H groups in total. The predicted octanol–water partition coefficient (Wildman–Crippen LogP) is 3.63. The predicted molar refractivity (Wildman–Crippen MR) is 118 cm³/mol. The number of rotatable bonds is 3. The fourth-order valence-electron chi connectivity index (χ4n) is 2.90. The maximum atomic E-state index is 12.5. The molecule has 0 fully saturated rings. The summed E-state index contributed by atoms with van der Waals surface area (Å²) in [6, 6.07) is 14.6. The van der Waals surface area contributed by atoms with Crippen molar-refractivity contribution in [3.8, 4) is 10.6 Å². The molecule has 7 nitrogen and oxygen atoms in total. The number of nitrogens with zero attached hydrogens (tertiary/aromatic N) is 1. The molecule has 9 heteroatoms. The van der Waals surface area contributed by atoms with Crippen molar-refractivity contribution in [3.05, 3.63) is 64.7 Å². The van der Waals surface area contributed by atoms with Gasteiger partial charge >= 0.3 is 0 Å². The van der Waals surface area contributed by atoms with E-state index in [4.69, 9.17) is 0 Å². The van der Waals surface area contributed by atoms with E-state index in [1.807, 2.05) is 37.3 Å². The minimum Gasteiger partial charge on any atom is -0.324 e. The van der Waals surface area contributed by atoms with Crippen molar-refractivity contribution in [1.29, 1.82) is 0 Å². The normalized spacial score (nSPS) is 15.1. The zero-order chi connectivity index (χ0) is 21.3. The Hall–Kier alpha value is -3.17. The summed E-state index contributed by atoms with van der Waals surface area (Å²) in [5.41, 5.74) is 7.30. The lowest BCUT2D eigenvalue weighted by Crippen LogP contribution is -2.41. The topological polar surface area (TPSA) is 100 Å². The lowest BCUT2D eigenvalue weighted by atomic mass is 10.2. The molecule has 3 aromatic rings. The molecular formula is C21H18N4O3S2. The van der Waals surface area contributed by atoms with Crippen LogP contribution in [0.2, 0.25) is 0 Å². The number of anilines is 1. The number of fused-ring (bicyclic) bond motifs is 1. The monoisotopic (exact) mass is 438 g/mol. The van der Waals surface area contributed by atoms with Crippen LogP contribution in [0.25, 0.3) is 10.6 Å². The van der Waals surface area contributed by atoms with Gasteiger partial charge in [0.1, 0.15) is 9.88 Å².